The number of fused-ring (bicyclic) bond motifs is 1. The number of nitriles is 1. The molecule has 2 aromatic heterocycles. The van der Waals surface area contributed by atoms with Crippen LogP contribution in [0.3, 0.4) is 0 Å². The minimum Gasteiger partial charge on any atom is -0.423 e. The molecule has 1 aliphatic heterocycles. The van der Waals surface area contributed by atoms with Gasteiger partial charge in [-0.05, 0) is 43.7 Å². The molecule has 0 saturated carbocycles. The Morgan fingerprint density at radius 2 is 1.86 bits per heavy atom. The minimum absolute atomic E-state index is 0.00861. The van der Waals surface area contributed by atoms with Gasteiger partial charge in [0.2, 0.25) is 11.8 Å². The molecule has 0 amide bonds. The van der Waals surface area contributed by atoms with E-state index in [9.17, 15) is 10.1 Å². The van der Waals surface area contributed by atoms with Gasteiger partial charge in [-0.1, -0.05) is 46.6 Å². The Bertz CT molecular complexity index is 1560. The summed E-state index contributed by atoms with van der Waals surface area (Å²) in [5.74, 6) is -0.340. The van der Waals surface area contributed by atoms with E-state index in [0.29, 0.717) is 27.1 Å². The number of halogens is 2. The quantitative estimate of drug-likeness (QED) is 0.267. The number of H-pyrrole nitrogens is 1. The first-order valence-electron chi connectivity index (χ1n) is 10.6. The van der Waals surface area contributed by atoms with Gasteiger partial charge in [0.05, 0.1) is 16.0 Å². The molecule has 0 unspecified atom stereocenters. The predicted octanol–water partition coefficient (Wildman–Crippen LogP) is 5.43. The highest BCUT2D eigenvalue weighted by Gasteiger charge is 2.34. The molecule has 0 radical (unpaired) electrons. The fourth-order valence-electron chi connectivity index (χ4n) is 4.13. The van der Waals surface area contributed by atoms with Gasteiger partial charge < -0.3 is 19.7 Å². The van der Waals surface area contributed by atoms with E-state index in [1.54, 1.807) is 49.4 Å². The number of benzene rings is 2. The Balaban J connectivity index is 1.46. The number of nitrogens with one attached hydrogen (secondary N) is 1. The highest BCUT2D eigenvalue weighted by Crippen LogP contribution is 2.43. The number of hydrogen-bond donors (Lipinski definition) is 2. The standard InChI is InChI=1S/C25H17Cl2N5O4/c1-11-18-20(15(10-28)23(29)35-24(18)31-30-11)13-6-8-14(9-7-13)34-25(33)19-12(2)36-32-22(19)21-16(26)4-3-5-17(21)27/h3-9,20H,29H2,1-2H3,(H,30,31)/t20-/m1/s1. The summed E-state index contributed by atoms with van der Waals surface area (Å²) in [6.07, 6.45) is 0. The maximum Gasteiger partial charge on any atom is 0.349 e. The van der Waals surface area contributed by atoms with E-state index in [1.165, 1.54) is 0 Å². The second-order valence-electron chi connectivity index (χ2n) is 8.01. The van der Waals surface area contributed by atoms with Gasteiger partial charge >= 0.3 is 5.97 Å². The van der Waals surface area contributed by atoms with Crippen LogP contribution in [0.2, 0.25) is 10.0 Å². The van der Waals surface area contributed by atoms with Crippen LogP contribution in [0.5, 0.6) is 11.6 Å². The number of aromatic nitrogens is 3. The molecule has 4 aromatic rings. The Morgan fingerprint density at radius 1 is 1.17 bits per heavy atom. The van der Waals surface area contributed by atoms with Crippen LogP contribution in [0.4, 0.5) is 0 Å². The van der Waals surface area contributed by atoms with Crippen molar-refractivity contribution in [2.75, 3.05) is 0 Å². The fraction of sp³-hybridized carbons (Fsp3) is 0.120. The monoisotopic (exact) mass is 521 g/mol. The summed E-state index contributed by atoms with van der Waals surface area (Å²) in [6.45, 7) is 3.43. The van der Waals surface area contributed by atoms with Crippen molar-refractivity contribution in [2.24, 2.45) is 5.73 Å². The molecule has 2 aromatic carbocycles. The third-order valence-electron chi connectivity index (χ3n) is 5.82. The second kappa shape index (κ2) is 9.07. The lowest BCUT2D eigenvalue weighted by molar-refractivity contribution is 0.0733. The highest BCUT2D eigenvalue weighted by molar-refractivity contribution is 6.39. The van der Waals surface area contributed by atoms with E-state index in [0.717, 1.165) is 11.3 Å². The molecule has 0 saturated heterocycles. The topological polar surface area (TPSA) is 140 Å². The maximum atomic E-state index is 13.1. The molecule has 1 aliphatic rings. The van der Waals surface area contributed by atoms with Crippen molar-refractivity contribution in [1.82, 2.24) is 15.4 Å². The predicted molar refractivity (Wildman–Crippen MR) is 131 cm³/mol. The largest absolute Gasteiger partial charge is 0.423 e. The number of nitrogens with zero attached hydrogens (tertiary/aromatic N) is 3. The van der Waals surface area contributed by atoms with Crippen LogP contribution in [0.25, 0.3) is 11.3 Å². The molecule has 0 spiro atoms. The fourth-order valence-corrected chi connectivity index (χ4v) is 4.70. The summed E-state index contributed by atoms with van der Waals surface area (Å²) < 4.78 is 16.3. The third-order valence-corrected chi connectivity index (χ3v) is 6.45. The first-order valence-corrected chi connectivity index (χ1v) is 11.4. The molecule has 11 heteroatoms. The number of nitrogens with two attached hydrogens (primary N) is 1. The van der Waals surface area contributed by atoms with E-state index in [4.69, 9.17) is 42.9 Å². The van der Waals surface area contributed by atoms with E-state index < -0.39 is 11.9 Å². The van der Waals surface area contributed by atoms with E-state index in [-0.39, 0.29) is 34.2 Å². The van der Waals surface area contributed by atoms with Crippen LogP contribution >= 0.6 is 23.2 Å². The van der Waals surface area contributed by atoms with Crippen LogP contribution in [0.1, 0.15) is 38.9 Å². The molecule has 3 N–H and O–H groups in total. The van der Waals surface area contributed by atoms with E-state index in [1.807, 2.05) is 6.92 Å². The van der Waals surface area contributed by atoms with Crippen molar-refractivity contribution in [3.8, 4) is 29.0 Å². The number of carbonyl (C=O) groups is 1. The smallest absolute Gasteiger partial charge is 0.349 e. The molecular formula is C25H17Cl2N5O4. The summed E-state index contributed by atoms with van der Waals surface area (Å²) in [6, 6.07) is 13.8. The number of ether oxygens (including phenoxy) is 2. The van der Waals surface area contributed by atoms with E-state index >= 15 is 0 Å². The number of aryl methyl sites for hydroxylation is 2. The van der Waals surface area contributed by atoms with Crippen molar-refractivity contribution >= 4 is 29.2 Å². The summed E-state index contributed by atoms with van der Waals surface area (Å²) in [5.41, 5.74) is 9.11. The van der Waals surface area contributed by atoms with Crippen molar-refractivity contribution < 1.29 is 18.8 Å². The summed E-state index contributed by atoms with van der Waals surface area (Å²) in [4.78, 5) is 13.1. The number of rotatable bonds is 4. The Hall–Kier alpha value is -4.26. The average Bonchev–Trinajstić information content (AvgIpc) is 3.41. The summed E-state index contributed by atoms with van der Waals surface area (Å²) >= 11 is 12.6. The zero-order valence-corrected chi connectivity index (χ0v) is 20.4. The van der Waals surface area contributed by atoms with Gasteiger partial charge in [-0.25, -0.2) is 4.79 Å². The van der Waals surface area contributed by atoms with E-state index in [2.05, 4.69) is 21.4 Å². The molecule has 1 atom stereocenters. The Kier molecular flexibility index (Phi) is 5.92. The van der Waals surface area contributed by atoms with Crippen LogP contribution in [-0.2, 0) is 0 Å². The normalized spacial score (nSPS) is 14.7. The number of carbonyl (C=O) groups excluding carboxylic acids is 1. The summed E-state index contributed by atoms with van der Waals surface area (Å²) in [7, 11) is 0. The Labute approximate surface area is 215 Å². The van der Waals surface area contributed by atoms with Crippen LogP contribution < -0.4 is 15.2 Å². The molecular weight excluding hydrogens is 505 g/mol. The van der Waals surface area contributed by atoms with Gasteiger partial charge in [-0.3, -0.25) is 5.10 Å². The number of aromatic amines is 1. The lowest BCUT2D eigenvalue weighted by Gasteiger charge is -2.23. The van der Waals surface area contributed by atoms with Gasteiger partial charge in [0.15, 0.2) is 0 Å². The maximum absolute atomic E-state index is 13.1. The van der Waals surface area contributed by atoms with Gasteiger partial charge in [0.25, 0.3) is 0 Å². The van der Waals surface area contributed by atoms with Crippen molar-refractivity contribution in [3.05, 3.63) is 92.1 Å². The zero-order valence-electron chi connectivity index (χ0n) is 18.9. The number of esters is 1. The first kappa shape index (κ1) is 23.5. The van der Waals surface area contributed by atoms with Crippen LogP contribution in [0.15, 0.2) is 58.4 Å². The number of allylic oxidation sites excluding steroid dienone is 1. The SMILES string of the molecule is Cc1[nH]nc2c1[C@H](c1ccc(OC(=O)c3c(-c4c(Cl)cccc4Cl)noc3C)cc1)C(C#N)=C(N)O2. The second-order valence-corrected chi connectivity index (χ2v) is 8.82. The van der Waals surface area contributed by atoms with Gasteiger partial charge in [-0.2, -0.15) is 5.26 Å². The van der Waals surface area contributed by atoms with Crippen molar-refractivity contribution in [1.29, 1.82) is 5.26 Å². The lowest BCUT2D eigenvalue weighted by atomic mass is 9.84. The lowest BCUT2D eigenvalue weighted by Crippen LogP contribution is -2.21. The van der Waals surface area contributed by atoms with Gasteiger partial charge in [0, 0.05) is 16.8 Å². The molecule has 0 bridgehead atoms. The first-order chi connectivity index (χ1) is 17.3. The third kappa shape index (κ3) is 3.86. The van der Waals surface area contributed by atoms with Gasteiger partial charge in [0.1, 0.15) is 34.4 Å². The Morgan fingerprint density at radius 3 is 2.53 bits per heavy atom. The summed E-state index contributed by atoms with van der Waals surface area (Å²) in [5, 5.41) is 21.3. The zero-order chi connectivity index (χ0) is 25.6. The van der Waals surface area contributed by atoms with Crippen LogP contribution in [0, 0.1) is 25.2 Å². The molecule has 3 heterocycles. The van der Waals surface area contributed by atoms with Gasteiger partial charge in [-0.15, -0.1) is 5.10 Å². The highest BCUT2D eigenvalue weighted by atomic mass is 35.5. The molecule has 0 fully saturated rings. The van der Waals surface area contributed by atoms with Crippen molar-refractivity contribution in [3.63, 3.8) is 0 Å². The minimum atomic E-state index is -0.687. The average molecular weight is 522 g/mol. The molecule has 36 heavy (non-hydrogen) atoms. The molecule has 9 nitrogen and oxygen atoms in total. The molecule has 0 aliphatic carbocycles. The van der Waals surface area contributed by atoms with Crippen LogP contribution in [-0.4, -0.2) is 21.3 Å². The molecule has 180 valence electrons. The van der Waals surface area contributed by atoms with Crippen molar-refractivity contribution in [2.45, 2.75) is 19.8 Å². The molecule has 5 rings (SSSR count). The number of hydrogen-bond acceptors (Lipinski definition) is 8.